The molecule has 1 aliphatic heterocycles. The molecule has 2 aromatic carbocycles. The van der Waals surface area contributed by atoms with Gasteiger partial charge >= 0.3 is 6.03 Å². The highest BCUT2D eigenvalue weighted by Crippen LogP contribution is 2.09. The van der Waals surface area contributed by atoms with Gasteiger partial charge in [-0.15, -0.1) is 0 Å². The molecule has 0 spiro atoms. The van der Waals surface area contributed by atoms with Gasteiger partial charge in [0.25, 0.3) is 5.91 Å². The largest absolute Gasteiger partial charge is 0.370 e. The maximum absolute atomic E-state index is 12.6. The third-order valence-electron chi connectivity index (χ3n) is 5.29. The highest BCUT2D eigenvalue weighted by molar-refractivity contribution is 5.94. The molecule has 0 bridgehead atoms. The van der Waals surface area contributed by atoms with Crippen LogP contribution in [-0.4, -0.2) is 44.3 Å². The molecular formula is C24H33N4O3+. The van der Waals surface area contributed by atoms with E-state index in [2.05, 4.69) is 34.1 Å². The quantitative estimate of drug-likeness (QED) is 0.514. The van der Waals surface area contributed by atoms with Crippen molar-refractivity contribution in [2.24, 2.45) is 0 Å². The first kappa shape index (κ1) is 22.8. The lowest BCUT2D eigenvalue weighted by Gasteiger charge is -2.24. The predicted octanol–water partition coefficient (Wildman–Crippen LogP) is 1.24. The lowest BCUT2D eigenvalue weighted by Crippen LogP contribution is -3.12. The fourth-order valence-corrected chi connectivity index (χ4v) is 3.56. The summed E-state index contributed by atoms with van der Waals surface area (Å²) in [5.74, 6) is -0.106. The summed E-state index contributed by atoms with van der Waals surface area (Å²) < 4.78 is 5.44. The highest BCUT2D eigenvalue weighted by Gasteiger charge is 2.16. The molecule has 4 N–H and O–H groups in total. The Morgan fingerprint density at radius 1 is 0.935 bits per heavy atom. The van der Waals surface area contributed by atoms with Crippen molar-refractivity contribution < 1.29 is 19.2 Å². The minimum absolute atomic E-state index is 0.0893. The van der Waals surface area contributed by atoms with Gasteiger partial charge in [-0.2, -0.15) is 0 Å². The Hall–Kier alpha value is -2.90. The van der Waals surface area contributed by atoms with E-state index in [1.54, 1.807) is 12.1 Å². The van der Waals surface area contributed by atoms with Crippen molar-refractivity contribution in [3.05, 3.63) is 70.8 Å². The molecule has 1 fully saturated rings. The van der Waals surface area contributed by atoms with E-state index in [9.17, 15) is 9.59 Å². The lowest BCUT2D eigenvalue weighted by molar-refractivity contribution is -0.921. The highest BCUT2D eigenvalue weighted by atomic mass is 16.5. The Labute approximate surface area is 184 Å². The van der Waals surface area contributed by atoms with Crippen LogP contribution in [-0.2, 0) is 24.4 Å². The van der Waals surface area contributed by atoms with Gasteiger partial charge in [-0.3, -0.25) is 4.79 Å². The van der Waals surface area contributed by atoms with Crippen LogP contribution < -0.4 is 20.9 Å². The Kier molecular flexibility index (Phi) is 8.44. The zero-order valence-electron chi connectivity index (χ0n) is 18.4. The van der Waals surface area contributed by atoms with Crippen molar-refractivity contribution in [3.8, 4) is 0 Å². The standard InChI is InChI=1S/C24H32N4O3/c1-18(2)27-24(30)26-15-19-7-9-20(10-8-19)23(29)25-16-21-5-3-4-6-22(21)17-28-11-13-31-14-12-28/h3-10,18H,11-17H2,1-2H3,(H,25,29)(H2,26,27,30)/p+1. The predicted molar refractivity (Wildman–Crippen MR) is 120 cm³/mol. The molecule has 0 saturated carbocycles. The van der Waals surface area contributed by atoms with Crippen LogP contribution in [0, 0.1) is 0 Å². The smallest absolute Gasteiger partial charge is 0.315 e. The summed E-state index contributed by atoms with van der Waals surface area (Å²) in [7, 11) is 0. The van der Waals surface area contributed by atoms with Crippen molar-refractivity contribution in [1.29, 1.82) is 0 Å². The van der Waals surface area contributed by atoms with Gasteiger partial charge in [-0.25, -0.2) is 4.79 Å². The molecule has 1 aliphatic rings. The minimum Gasteiger partial charge on any atom is -0.370 e. The Bertz CT molecular complexity index is 861. The van der Waals surface area contributed by atoms with Gasteiger partial charge in [-0.05, 0) is 37.1 Å². The van der Waals surface area contributed by atoms with Crippen LogP contribution in [0.4, 0.5) is 4.79 Å². The fourth-order valence-electron chi connectivity index (χ4n) is 3.56. The molecular weight excluding hydrogens is 392 g/mol. The molecule has 2 aromatic rings. The first-order chi connectivity index (χ1) is 15.0. The number of benzene rings is 2. The van der Waals surface area contributed by atoms with Crippen molar-refractivity contribution >= 4 is 11.9 Å². The van der Waals surface area contributed by atoms with Gasteiger partial charge in [0.2, 0.25) is 0 Å². The summed E-state index contributed by atoms with van der Waals surface area (Å²) in [5.41, 5.74) is 3.95. The van der Waals surface area contributed by atoms with Crippen molar-refractivity contribution in [3.63, 3.8) is 0 Å². The molecule has 0 atom stereocenters. The van der Waals surface area contributed by atoms with E-state index < -0.39 is 0 Å². The van der Waals surface area contributed by atoms with Crippen LogP contribution in [0.2, 0.25) is 0 Å². The van der Waals surface area contributed by atoms with Crippen molar-refractivity contribution in [1.82, 2.24) is 16.0 Å². The van der Waals surface area contributed by atoms with Gasteiger partial charge in [0, 0.05) is 30.3 Å². The van der Waals surface area contributed by atoms with Crippen LogP contribution in [0.15, 0.2) is 48.5 Å². The van der Waals surface area contributed by atoms with Crippen molar-refractivity contribution in [2.45, 2.75) is 39.5 Å². The molecule has 3 amide bonds. The SMILES string of the molecule is CC(C)NC(=O)NCc1ccc(C(=O)NCc2ccccc2C[NH+]2CCOCC2)cc1. The van der Waals surface area contributed by atoms with Crippen LogP contribution in [0.25, 0.3) is 0 Å². The van der Waals surface area contributed by atoms with E-state index in [1.165, 1.54) is 10.5 Å². The Morgan fingerprint density at radius 2 is 1.61 bits per heavy atom. The van der Waals surface area contributed by atoms with Crippen LogP contribution in [0.3, 0.4) is 0 Å². The number of rotatable bonds is 8. The first-order valence-electron chi connectivity index (χ1n) is 10.9. The third-order valence-corrected chi connectivity index (χ3v) is 5.29. The number of urea groups is 1. The molecule has 1 heterocycles. The Morgan fingerprint density at radius 3 is 2.29 bits per heavy atom. The van der Waals surface area contributed by atoms with E-state index in [4.69, 9.17) is 4.74 Å². The monoisotopic (exact) mass is 425 g/mol. The van der Waals surface area contributed by atoms with Crippen molar-refractivity contribution in [2.75, 3.05) is 26.3 Å². The summed E-state index contributed by atoms with van der Waals surface area (Å²) in [5, 5.41) is 8.62. The maximum atomic E-state index is 12.6. The average molecular weight is 426 g/mol. The first-order valence-corrected chi connectivity index (χ1v) is 10.9. The molecule has 3 rings (SSSR count). The fraction of sp³-hybridized carbons (Fsp3) is 0.417. The minimum atomic E-state index is -0.200. The van der Waals surface area contributed by atoms with Gasteiger partial charge in [0.15, 0.2) is 0 Å². The van der Waals surface area contributed by atoms with Gasteiger partial charge in [-0.1, -0.05) is 36.4 Å². The molecule has 0 unspecified atom stereocenters. The molecule has 0 aliphatic carbocycles. The molecule has 166 valence electrons. The second-order valence-electron chi connectivity index (χ2n) is 8.17. The molecule has 0 radical (unpaired) electrons. The second kappa shape index (κ2) is 11.5. The number of amides is 3. The van der Waals surface area contributed by atoms with Crippen LogP contribution in [0.1, 0.15) is 40.9 Å². The number of ether oxygens (including phenoxy) is 1. The molecule has 7 nitrogen and oxygen atoms in total. The number of carbonyl (C=O) groups is 2. The summed E-state index contributed by atoms with van der Waals surface area (Å²) >= 11 is 0. The van der Waals surface area contributed by atoms with Crippen LogP contribution >= 0.6 is 0 Å². The second-order valence-corrected chi connectivity index (χ2v) is 8.17. The number of quaternary nitrogens is 1. The summed E-state index contributed by atoms with van der Waals surface area (Å²) in [6.07, 6.45) is 0. The molecule has 7 heteroatoms. The molecule has 0 aromatic heterocycles. The Balaban J connectivity index is 1.51. The van der Waals surface area contributed by atoms with E-state index >= 15 is 0 Å². The summed E-state index contributed by atoms with van der Waals surface area (Å²) in [6.45, 7) is 9.33. The lowest BCUT2D eigenvalue weighted by atomic mass is 10.1. The molecule has 31 heavy (non-hydrogen) atoms. The average Bonchev–Trinajstić information content (AvgIpc) is 2.77. The topological polar surface area (TPSA) is 83.9 Å². The number of hydrogen-bond donors (Lipinski definition) is 4. The van der Waals surface area contributed by atoms with Crippen LogP contribution in [0.5, 0.6) is 0 Å². The van der Waals surface area contributed by atoms with E-state index in [-0.39, 0.29) is 18.0 Å². The van der Waals surface area contributed by atoms with E-state index in [1.807, 2.05) is 32.0 Å². The van der Waals surface area contributed by atoms with E-state index in [0.29, 0.717) is 18.7 Å². The number of hydrogen-bond acceptors (Lipinski definition) is 3. The maximum Gasteiger partial charge on any atom is 0.315 e. The van der Waals surface area contributed by atoms with Gasteiger partial charge in [0.05, 0.1) is 13.2 Å². The van der Waals surface area contributed by atoms with Gasteiger partial charge in [0.1, 0.15) is 19.6 Å². The zero-order valence-corrected chi connectivity index (χ0v) is 18.4. The zero-order chi connectivity index (χ0) is 22.1. The number of carbonyl (C=O) groups excluding carboxylic acids is 2. The van der Waals surface area contributed by atoms with Gasteiger partial charge < -0.3 is 25.6 Å². The third kappa shape index (κ3) is 7.38. The molecule has 1 saturated heterocycles. The normalized spacial score (nSPS) is 14.3. The van der Waals surface area contributed by atoms with E-state index in [0.717, 1.165) is 44.0 Å². The number of nitrogens with one attached hydrogen (secondary N) is 4. The number of morpholine rings is 1. The summed E-state index contributed by atoms with van der Waals surface area (Å²) in [6, 6.07) is 15.5. The summed E-state index contributed by atoms with van der Waals surface area (Å²) in [4.78, 5) is 25.8.